The first-order chi connectivity index (χ1) is 8.22. The Morgan fingerprint density at radius 1 is 1.41 bits per heavy atom. The van der Waals surface area contributed by atoms with E-state index in [1.54, 1.807) is 18.2 Å². The maximum Gasteiger partial charge on any atom is 0.261 e. The Morgan fingerprint density at radius 2 is 2.24 bits per heavy atom. The van der Waals surface area contributed by atoms with E-state index < -0.39 is 0 Å². The van der Waals surface area contributed by atoms with E-state index in [1.807, 2.05) is 0 Å². The molecule has 2 aromatic rings. The van der Waals surface area contributed by atoms with Gasteiger partial charge in [0.15, 0.2) is 5.82 Å². The lowest BCUT2D eigenvalue weighted by atomic mass is 10.2. The lowest BCUT2D eigenvalue weighted by molar-refractivity contribution is 0.416. The second-order valence-electron chi connectivity index (χ2n) is 4.32. The van der Waals surface area contributed by atoms with Crippen molar-refractivity contribution in [3.8, 4) is 17.2 Å². The first-order valence-corrected chi connectivity index (χ1v) is 6.33. The van der Waals surface area contributed by atoms with Crippen LogP contribution in [0.25, 0.3) is 11.5 Å². The van der Waals surface area contributed by atoms with Gasteiger partial charge < -0.3 is 9.63 Å². The fourth-order valence-electron chi connectivity index (χ4n) is 1.71. The summed E-state index contributed by atoms with van der Waals surface area (Å²) in [5.41, 5.74) is 0.564. The van der Waals surface area contributed by atoms with E-state index in [0.717, 1.165) is 22.6 Å². The lowest BCUT2D eigenvalue weighted by Gasteiger charge is -1.99. The van der Waals surface area contributed by atoms with Crippen LogP contribution in [0, 0.1) is 5.92 Å². The van der Waals surface area contributed by atoms with Gasteiger partial charge in [0.1, 0.15) is 5.75 Å². The molecule has 0 spiro atoms. The van der Waals surface area contributed by atoms with E-state index in [-0.39, 0.29) is 5.75 Å². The van der Waals surface area contributed by atoms with Crippen LogP contribution in [0.1, 0.15) is 18.7 Å². The molecule has 1 aromatic carbocycles. The predicted molar refractivity (Wildman–Crippen MR) is 65.5 cm³/mol. The van der Waals surface area contributed by atoms with Crippen LogP contribution >= 0.6 is 15.9 Å². The van der Waals surface area contributed by atoms with Crippen molar-refractivity contribution >= 4 is 15.9 Å². The maximum absolute atomic E-state index is 9.74. The zero-order valence-corrected chi connectivity index (χ0v) is 10.6. The number of nitrogens with zero attached hydrogens (tertiary/aromatic N) is 2. The van der Waals surface area contributed by atoms with Crippen LogP contribution in [0.2, 0.25) is 0 Å². The summed E-state index contributed by atoms with van der Waals surface area (Å²) in [7, 11) is 0. The van der Waals surface area contributed by atoms with Gasteiger partial charge in [-0.25, -0.2) is 0 Å². The third-order valence-corrected chi connectivity index (χ3v) is 3.32. The quantitative estimate of drug-likeness (QED) is 0.945. The third kappa shape index (κ3) is 2.34. The van der Waals surface area contributed by atoms with Gasteiger partial charge in [0.25, 0.3) is 5.89 Å². The number of benzene rings is 1. The number of aromatic hydroxyl groups is 1. The normalized spacial score (nSPS) is 15.1. The van der Waals surface area contributed by atoms with E-state index in [9.17, 15) is 5.11 Å². The van der Waals surface area contributed by atoms with Gasteiger partial charge >= 0.3 is 0 Å². The van der Waals surface area contributed by atoms with E-state index in [4.69, 9.17) is 4.52 Å². The molecule has 1 N–H and O–H groups in total. The maximum atomic E-state index is 9.74. The van der Waals surface area contributed by atoms with E-state index in [0.29, 0.717) is 11.5 Å². The molecule has 1 aliphatic rings. The molecular weight excluding hydrogens is 284 g/mol. The fraction of sp³-hybridized carbons (Fsp3) is 0.333. The van der Waals surface area contributed by atoms with Crippen molar-refractivity contribution in [2.75, 3.05) is 0 Å². The van der Waals surface area contributed by atoms with Crippen LogP contribution in [0.4, 0.5) is 0 Å². The number of rotatable bonds is 3. The van der Waals surface area contributed by atoms with Crippen molar-refractivity contribution in [3.63, 3.8) is 0 Å². The highest BCUT2D eigenvalue weighted by molar-refractivity contribution is 9.10. The van der Waals surface area contributed by atoms with E-state index in [1.165, 1.54) is 12.8 Å². The number of phenols is 1. The number of hydrogen-bond donors (Lipinski definition) is 1. The van der Waals surface area contributed by atoms with Crippen LogP contribution in [0.3, 0.4) is 0 Å². The van der Waals surface area contributed by atoms with Gasteiger partial charge in [0.05, 0.1) is 5.56 Å². The number of hydrogen-bond acceptors (Lipinski definition) is 4. The highest BCUT2D eigenvalue weighted by Gasteiger charge is 2.24. The molecule has 0 radical (unpaired) electrons. The Kier molecular flexibility index (Phi) is 2.63. The first kappa shape index (κ1) is 10.8. The van der Waals surface area contributed by atoms with Gasteiger partial charge in [-0.3, -0.25) is 0 Å². The highest BCUT2D eigenvalue weighted by atomic mass is 79.9. The van der Waals surface area contributed by atoms with Crippen LogP contribution in [-0.2, 0) is 6.42 Å². The summed E-state index contributed by atoms with van der Waals surface area (Å²) in [6.45, 7) is 0. The summed E-state index contributed by atoms with van der Waals surface area (Å²) < 4.78 is 6.04. The molecule has 3 rings (SSSR count). The molecule has 0 atom stereocenters. The minimum Gasteiger partial charge on any atom is -0.507 e. The average molecular weight is 295 g/mol. The monoisotopic (exact) mass is 294 g/mol. The topological polar surface area (TPSA) is 59.2 Å². The Hall–Kier alpha value is -1.36. The molecule has 17 heavy (non-hydrogen) atoms. The zero-order chi connectivity index (χ0) is 11.8. The van der Waals surface area contributed by atoms with Gasteiger partial charge in [-0.05, 0) is 37.0 Å². The molecule has 0 aliphatic heterocycles. The van der Waals surface area contributed by atoms with Crippen LogP contribution in [-0.4, -0.2) is 15.2 Å². The molecule has 0 saturated heterocycles. The van der Waals surface area contributed by atoms with Gasteiger partial charge in [-0.2, -0.15) is 4.98 Å². The second-order valence-corrected chi connectivity index (χ2v) is 5.24. The van der Waals surface area contributed by atoms with Crippen LogP contribution < -0.4 is 0 Å². The standard InChI is InChI=1S/C12H11BrN2O2/c13-8-3-4-10(16)9(6-8)12-14-11(15-17-12)5-7-1-2-7/h3-4,6-7,16H,1-2,5H2. The molecule has 0 unspecified atom stereocenters. The summed E-state index contributed by atoms with van der Waals surface area (Å²) in [4.78, 5) is 4.30. The molecule has 1 aromatic heterocycles. The largest absolute Gasteiger partial charge is 0.507 e. The van der Waals surface area contributed by atoms with Crippen molar-refractivity contribution < 1.29 is 9.63 Å². The molecule has 1 heterocycles. The van der Waals surface area contributed by atoms with Crippen molar-refractivity contribution in [1.29, 1.82) is 0 Å². The Morgan fingerprint density at radius 3 is 3.00 bits per heavy atom. The fourth-order valence-corrected chi connectivity index (χ4v) is 2.07. The minimum absolute atomic E-state index is 0.148. The van der Waals surface area contributed by atoms with Crippen molar-refractivity contribution in [1.82, 2.24) is 10.1 Å². The summed E-state index contributed by atoms with van der Waals surface area (Å²) in [5.74, 6) is 1.97. The predicted octanol–water partition coefficient (Wildman–Crippen LogP) is 3.16. The van der Waals surface area contributed by atoms with Crippen molar-refractivity contribution in [3.05, 3.63) is 28.5 Å². The van der Waals surface area contributed by atoms with Crippen molar-refractivity contribution in [2.24, 2.45) is 5.92 Å². The summed E-state index contributed by atoms with van der Waals surface area (Å²) >= 11 is 3.35. The number of halogens is 1. The molecule has 1 aliphatic carbocycles. The highest BCUT2D eigenvalue weighted by Crippen LogP contribution is 2.34. The number of aromatic nitrogens is 2. The number of phenolic OH excluding ortho intramolecular Hbond substituents is 1. The average Bonchev–Trinajstić information content (AvgIpc) is 2.99. The van der Waals surface area contributed by atoms with Crippen molar-refractivity contribution in [2.45, 2.75) is 19.3 Å². The Balaban J connectivity index is 1.91. The molecule has 0 amide bonds. The summed E-state index contributed by atoms with van der Waals surface area (Å²) in [5, 5.41) is 13.7. The van der Waals surface area contributed by atoms with E-state index in [2.05, 4.69) is 26.1 Å². The van der Waals surface area contributed by atoms with Gasteiger partial charge in [-0.15, -0.1) is 0 Å². The molecule has 5 heteroatoms. The molecule has 0 bridgehead atoms. The van der Waals surface area contributed by atoms with Gasteiger partial charge in [0, 0.05) is 10.9 Å². The molecular formula is C12H11BrN2O2. The molecule has 1 saturated carbocycles. The summed E-state index contributed by atoms with van der Waals surface area (Å²) in [6.07, 6.45) is 3.39. The SMILES string of the molecule is Oc1ccc(Br)cc1-c1nc(CC2CC2)no1. The molecule has 1 fully saturated rings. The van der Waals surface area contributed by atoms with E-state index >= 15 is 0 Å². The third-order valence-electron chi connectivity index (χ3n) is 2.83. The van der Waals surface area contributed by atoms with Gasteiger partial charge in [-0.1, -0.05) is 21.1 Å². The molecule has 88 valence electrons. The smallest absolute Gasteiger partial charge is 0.261 e. The van der Waals surface area contributed by atoms with Crippen LogP contribution in [0.15, 0.2) is 27.2 Å². The lowest BCUT2D eigenvalue weighted by Crippen LogP contribution is -1.89. The van der Waals surface area contributed by atoms with Gasteiger partial charge in [0.2, 0.25) is 0 Å². The second kappa shape index (κ2) is 4.14. The zero-order valence-electron chi connectivity index (χ0n) is 9.06. The Bertz CT molecular complexity index is 549. The van der Waals surface area contributed by atoms with Crippen LogP contribution in [0.5, 0.6) is 5.75 Å². The molecule has 4 nitrogen and oxygen atoms in total. The first-order valence-electron chi connectivity index (χ1n) is 5.54. The minimum atomic E-state index is 0.148. The summed E-state index contributed by atoms with van der Waals surface area (Å²) in [6, 6.07) is 5.13. The Labute approximate surface area is 107 Å².